The van der Waals surface area contributed by atoms with E-state index in [4.69, 9.17) is 0 Å². The molecule has 0 aromatic rings. The smallest absolute Gasteiger partial charge is 0.196 e. The van der Waals surface area contributed by atoms with Crippen molar-refractivity contribution < 1.29 is 19.4 Å². The maximum Gasteiger partial charge on any atom is 0.196 e. The Hall–Kier alpha value is -0.740. The lowest BCUT2D eigenvalue weighted by Crippen LogP contribution is -2.45. The number of carbonyl (C=O) groups excluding carboxylic acids is 1. The SMILES string of the molecule is C[C@@H](CCC1=CC(=O)CCC1(C)C)C1CC[C@](C)(O)[C@@]1(C)C[C@H](O)F. The average Bonchev–Trinajstić information content (AvgIpc) is 2.69. The van der Waals surface area contributed by atoms with Crippen LogP contribution in [0.15, 0.2) is 11.6 Å². The number of hydrogen-bond acceptors (Lipinski definition) is 3. The highest BCUT2D eigenvalue weighted by Crippen LogP contribution is 2.56. The van der Waals surface area contributed by atoms with Crippen molar-refractivity contribution in [3.05, 3.63) is 11.6 Å². The fourth-order valence-electron chi connectivity index (χ4n) is 5.13. The highest BCUT2D eigenvalue weighted by molar-refractivity contribution is 5.91. The lowest BCUT2D eigenvalue weighted by molar-refractivity contribution is -0.115. The Morgan fingerprint density at radius 2 is 1.92 bits per heavy atom. The number of ketones is 1. The molecule has 0 saturated heterocycles. The number of hydrogen-bond donors (Lipinski definition) is 2. The second kappa shape index (κ2) is 7.11. The van der Waals surface area contributed by atoms with E-state index in [-0.39, 0.29) is 23.5 Å². The molecule has 5 atom stereocenters. The van der Waals surface area contributed by atoms with Crippen molar-refractivity contribution in [2.75, 3.05) is 0 Å². The molecule has 144 valence electrons. The summed E-state index contributed by atoms with van der Waals surface area (Å²) in [7, 11) is 0. The van der Waals surface area contributed by atoms with Gasteiger partial charge in [-0.3, -0.25) is 4.79 Å². The number of carbonyl (C=O) groups is 1. The molecule has 0 aliphatic heterocycles. The van der Waals surface area contributed by atoms with Gasteiger partial charge in [0.2, 0.25) is 0 Å². The van der Waals surface area contributed by atoms with E-state index in [0.717, 1.165) is 25.7 Å². The first-order valence-electron chi connectivity index (χ1n) is 9.67. The van der Waals surface area contributed by atoms with E-state index in [2.05, 4.69) is 20.8 Å². The second-order valence-corrected chi connectivity index (χ2v) is 9.51. The molecule has 0 aromatic carbocycles. The molecule has 0 radical (unpaired) electrons. The molecular weight excluding hydrogens is 319 g/mol. The van der Waals surface area contributed by atoms with Gasteiger partial charge in [0.1, 0.15) is 0 Å². The Balaban J connectivity index is 2.09. The summed E-state index contributed by atoms with van der Waals surface area (Å²) >= 11 is 0. The minimum absolute atomic E-state index is 0.0261. The zero-order chi connectivity index (χ0) is 19.0. The van der Waals surface area contributed by atoms with E-state index in [0.29, 0.717) is 18.8 Å². The van der Waals surface area contributed by atoms with Gasteiger partial charge in [-0.15, -0.1) is 0 Å². The van der Waals surface area contributed by atoms with Gasteiger partial charge in [-0.1, -0.05) is 33.3 Å². The third-order valence-corrected chi connectivity index (χ3v) is 7.34. The summed E-state index contributed by atoms with van der Waals surface area (Å²) in [6.07, 6.45) is 4.69. The minimum atomic E-state index is -1.90. The third-order valence-electron chi connectivity index (χ3n) is 7.34. The number of aliphatic hydroxyl groups excluding tert-OH is 1. The molecular formula is C21H35FO3. The Morgan fingerprint density at radius 3 is 2.52 bits per heavy atom. The van der Waals surface area contributed by atoms with Gasteiger partial charge in [-0.2, -0.15) is 0 Å². The first kappa shape index (κ1) is 20.6. The van der Waals surface area contributed by atoms with Crippen LogP contribution in [0.3, 0.4) is 0 Å². The van der Waals surface area contributed by atoms with Crippen molar-refractivity contribution in [1.82, 2.24) is 0 Å². The molecule has 0 heterocycles. The number of aliphatic hydroxyl groups is 2. The van der Waals surface area contributed by atoms with Crippen LogP contribution < -0.4 is 0 Å². The third kappa shape index (κ3) is 4.16. The van der Waals surface area contributed by atoms with Crippen LogP contribution in [-0.4, -0.2) is 28.0 Å². The van der Waals surface area contributed by atoms with Gasteiger partial charge in [0.15, 0.2) is 12.1 Å². The number of allylic oxidation sites excluding steroid dienone is 2. The van der Waals surface area contributed by atoms with Crippen molar-refractivity contribution in [2.45, 2.75) is 91.5 Å². The van der Waals surface area contributed by atoms with E-state index in [1.54, 1.807) is 6.92 Å². The summed E-state index contributed by atoms with van der Waals surface area (Å²) in [5, 5.41) is 20.1. The molecule has 0 spiro atoms. The first-order valence-corrected chi connectivity index (χ1v) is 9.67. The van der Waals surface area contributed by atoms with Gasteiger partial charge < -0.3 is 10.2 Å². The van der Waals surface area contributed by atoms with Gasteiger partial charge in [0.05, 0.1) is 5.60 Å². The quantitative estimate of drug-likeness (QED) is 0.735. The van der Waals surface area contributed by atoms with Crippen LogP contribution in [0.2, 0.25) is 0 Å². The van der Waals surface area contributed by atoms with Gasteiger partial charge in [-0.25, -0.2) is 4.39 Å². The topological polar surface area (TPSA) is 57.5 Å². The van der Waals surface area contributed by atoms with E-state index >= 15 is 0 Å². The molecule has 0 amide bonds. The van der Waals surface area contributed by atoms with Crippen LogP contribution in [0.25, 0.3) is 0 Å². The largest absolute Gasteiger partial charge is 0.390 e. The zero-order valence-corrected chi connectivity index (χ0v) is 16.4. The van der Waals surface area contributed by atoms with Crippen molar-refractivity contribution in [3.8, 4) is 0 Å². The number of alkyl halides is 1. The van der Waals surface area contributed by atoms with Crippen molar-refractivity contribution in [1.29, 1.82) is 0 Å². The molecule has 2 aliphatic rings. The fourth-order valence-corrected chi connectivity index (χ4v) is 5.13. The summed E-state index contributed by atoms with van der Waals surface area (Å²) in [4.78, 5) is 11.8. The fraction of sp³-hybridized carbons (Fsp3) is 0.857. The minimum Gasteiger partial charge on any atom is -0.390 e. The molecule has 0 bridgehead atoms. The van der Waals surface area contributed by atoms with E-state index in [1.165, 1.54) is 5.57 Å². The van der Waals surface area contributed by atoms with Gasteiger partial charge in [0.25, 0.3) is 0 Å². The van der Waals surface area contributed by atoms with Crippen LogP contribution in [0, 0.1) is 22.7 Å². The molecule has 0 aromatic heterocycles. The second-order valence-electron chi connectivity index (χ2n) is 9.51. The first-order chi connectivity index (χ1) is 11.4. The van der Waals surface area contributed by atoms with E-state index in [1.807, 2.05) is 13.0 Å². The molecule has 2 aliphatic carbocycles. The lowest BCUT2D eigenvalue weighted by atomic mass is 9.64. The molecule has 1 fully saturated rings. The monoisotopic (exact) mass is 354 g/mol. The summed E-state index contributed by atoms with van der Waals surface area (Å²) in [6, 6.07) is 0. The molecule has 1 saturated carbocycles. The summed E-state index contributed by atoms with van der Waals surface area (Å²) in [5.41, 5.74) is -0.314. The van der Waals surface area contributed by atoms with E-state index in [9.17, 15) is 19.4 Å². The van der Waals surface area contributed by atoms with Crippen LogP contribution in [0.4, 0.5) is 4.39 Å². The standard InChI is InChI=1S/C21H35FO3/c1-14(6-7-15-12-16(23)8-10-19(15,2)3)17-9-11-21(5,25)20(17,4)13-18(22)24/h12,14,17-18,24-25H,6-11,13H2,1-5H3/t14-,17?,18-,20-,21-/m0/s1. The summed E-state index contributed by atoms with van der Waals surface area (Å²) in [6.45, 7) is 10.2. The van der Waals surface area contributed by atoms with Gasteiger partial charge >= 0.3 is 0 Å². The molecule has 2 N–H and O–H groups in total. The predicted molar refractivity (Wildman–Crippen MR) is 97.7 cm³/mol. The lowest BCUT2D eigenvalue weighted by Gasteiger charge is -2.44. The Kier molecular flexibility index (Phi) is 5.85. The van der Waals surface area contributed by atoms with Crippen LogP contribution in [0.1, 0.15) is 79.6 Å². The van der Waals surface area contributed by atoms with Gasteiger partial charge in [0, 0.05) is 18.3 Å². The number of halogens is 1. The molecule has 4 heteroatoms. The Bertz CT molecular complexity index is 535. The molecule has 2 rings (SSSR count). The summed E-state index contributed by atoms with van der Waals surface area (Å²) in [5.74, 6) is 0.679. The normalized spacial score (nSPS) is 37.7. The molecule has 1 unspecified atom stereocenters. The van der Waals surface area contributed by atoms with Crippen LogP contribution >= 0.6 is 0 Å². The van der Waals surface area contributed by atoms with Crippen LogP contribution in [0.5, 0.6) is 0 Å². The van der Waals surface area contributed by atoms with Crippen molar-refractivity contribution in [3.63, 3.8) is 0 Å². The van der Waals surface area contributed by atoms with Crippen molar-refractivity contribution >= 4 is 5.78 Å². The Labute approximate surface area is 151 Å². The highest BCUT2D eigenvalue weighted by Gasteiger charge is 2.55. The number of rotatable bonds is 6. The van der Waals surface area contributed by atoms with Crippen molar-refractivity contribution in [2.24, 2.45) is 22.7 Å². The van der Waals surface area contributed by atoms with E-state index < -0.39 is 17.4 Å². The predicted octanol–water partition coefficient (Wildman–Crippen LogP) is 4.56. The molecule has 3 nitrogen and oxygen atoms in total. The maximum absolute atomic E-state index is 13.4. The Morgan fingerprint density at radius 1 is 1.28 bits per heavy atom. The average molecular weight is 355 g/mol. The molecule has 25 heavy (non-hydrogen) atoms. The highest BCUT2D eigenvalue weighted by atomic mass is 19.1. The van der Waals surface area contributed by atoms with Gasteiger partial charge in [-0.05, 0) is 62.4 Å². The summed E-state index contributed by atoms with van der Waals surface area (Å²) < 4.78 is 13.4. The maximum atomic E-state index is 13.4. The van der Waals surface area contributed by atoms with Crippen LogP contribution in [-0.2, 0) is 4.79 Å². The zero-order valence-electron chi connectivity index (χ0n) is 16.4.